The van der Waals surface area contributed by atoms with Crippen molar-refractivity contribution in [2.45, 2.75) is 18.4 Å². The molecule has 2 aromatic rings. The summed E-state index contributed by atoms with van der Waals surface area (Å²) in [5.74, 6) is -1.29. The third-order valence-corrected chi connectivity index (χ3v) is 4.53. The first-order chi connectivity index (χ1) is 9.29. The van der Waals surface area contributed by atoms with E-state index in [2.05, 4.69) is 25.8 Å². The molecule has 2 N–H and O–H groups in total. The minimum atomic E-state index is -3.93. The van der Waals surface area contributed by atoms with Crippen molar-refractivity contribution in [1.82, 2.24) is 9.88 Å². The van der Waals surface area contributed by atoms with Gasteiger partial charge >= 0.3 is 5.97 Å². The van der Waals surface area contributed by atoms with E-state index in [4.69, 9.17) is 14.0 Å². The average molecular weight is 365 g/mol. The molecule has 10 heteroatoms. The monoisotopic (exact) mass is 364 g/mol. The Morgan fingerprint density at radius 3 is 2.70 bits per heavy atom. The van der Waals surface area contributed by atoms with E-state index in [1.54, 1.807) is 13.0 Å². The maximum absolute atomic E-state index is 12.0. The predicted octanol–water partition coefficient (Wildman–Crippen LogP) is 1.52. The van der Waals surface area contributed by atoms with Crippen LogP contribution >= 0.6 is 15.9 Å². The summed E-state index contributed by atoms with van der Waals surface area (Å²) in [4.78, 5) is 10.4. The topological polar surface area (TPSA) is 123 Å². The zero-order valence-electron chi connectivity index (χ0n) is 10.1. The molecule has 0 saturated heterocycles. The van der Waals surface area contributed by atoms with Crippen LogP contribution in [0.5, 0.6) is 0 Å². The number of carboxylic acid groups (broad SMARTS) is 1. The summed E-state index contributed by atoms with van der Waals surface area (Å²) in [6.45, 7) is 1.59. The van der Waals surface area contributed by atoms with Crippen molar-refractivity contribution in [2.75, 3.05) is 0 Å². The molecule has 0 fully saturated rings. The third-order valence-electron chi connectivity index (χ3n) is 2.28. The Kier molecular flexibility index (Phi) is 3.97. The largest absolute Gasteiger partial charge is 0.475 e. The van der Waals surface area contributed by atoms with E-state index in [-0.39, 0.29) is 16.1 Å². The van der Waals surface area contributed by atoms with Crippen molar-refractivity contribution in [3.8, 4) is 0 Å². The van der Waals surface area contributed by atoms with E-state index >= 15 is 0 Å². The van der Waals surface area contributed by atoms with Gasteiger partial charge in [-0.1, -0.05) is 5.16 Å². The van der Waals surface area contributed by atoms with E-state index in [0.29, 0.717) is 11.5 Å². The number of carboxylic acids is 1. The van der Waals surface area contributed by atoms with Crippen LogP contribution in [0.25, 0.3) is 0 Å². The zero-order chi connectivity index (χ0) is 14.9. The highest BCUT2D eigenvalue weighted by atomic mass is 79.9. The van der Waals surface area contributed by atoms with Crippen molar-refractivity contribution in [3.63, 3.8) is 0 Å². The molecule has 0 amide bonds. The molecule has 2 heterocycles. The van der Waals surface area contributed by atoms with Gasteiger partial charge in [0.2, 0.25) is 15.8 Å². The van der Waals surface area contributed by atoms with Crippen LogP contribution in [0, 0.1) is 6.92 Å². The van der Waals surface area contributed by atoms with Crippen LogP contribution in [-0.2, 0) is 16.6 Å². The molecule has 2 rings (SSSR count). The van der Waals surface area contributed by atoms with Gasteiger partial charge in [0.25, 0.3) is 0 Å². The van der Waals surface area contributed by atoms with E-state index in [0.717, 1.165) is 6.07 Å². The van der Waals surface area contributed by atoms with Crippen LogP contribution < -0.4 is 4.72 Å². The van der Waals surface area contributed by atoms with Gasteiger partial charge in [-0.05, 0) is 22.9 Å². The Hall–Kier alpha value is -1.65. The Balaban J connectivity index is 2.20. The minimum Gasteiger partial charge on any atom is -0.475 e. The molecule has 0 saturated carbocycles. The van der Waals surface area contributed by atoms with Gasteiger partial charge in [0, 0.05) is 12.1 Å². The Morgan fingerprint density at radius 2 is 2.20 bits per heavy atom. The number of carbonyl (C=O) groups is 1. The predicted molar refractivity (Wildman–Crippen MR) is 68.6 cm³/mol. The summed E-state index contributed by atoms with van der Waals surface area (Å²) < 4.78 is 35.7. The maximum Gasteiger partial charge on any atom is 0.371 e. The van der Waals surface area contributed by atoms with Crippen LogP contribution in [0.3, 0.4) is 0 Å². The third kappa shape index (κ3) is 3.08. The van der Waals surface area contributed by atoms with Gasteiger partial charge in [-0.25, -0.2) is 17.9 Å². The molecular formula is C10H9BrN2O6S. The number of nitrogens with zero attached hydrogens (tertiary/aromatic N) is 1. The quantitative estimate of drug-likeness (QED) is 0.823. The summed E-state index contributed by atoms with van der Waals surface area (Å²) in [5.41, 5.74) is 0.407. The molecule has 0 atom stereocenters. The van der Waals surface area contributed by atoms with Gasteiger partial charge in [0.15, 0.2) is 4.67 Å². The number of halogens is 1. The van der Waals surface area contributed by atoms with Gasteiger partial charge in [0.05, 0.1) is 12.2 Å². The van der Waals surface area contributed by atoms with Crippen molar-refractivity contribution in [2.24, 2.45) is 0 Å². The van der Waals surface area contributed by atoms with E-state index < -0.39 is 21.8 Å². The van der Waals surface area contributed by atoms with Gasteiger partial charge in [-0.3, -0.25) is 0 Å². The first kappa shape index (κ1) is 14.8. The second-order valence-corrected chi connectivity index (χ2v) is 6.26. The highest BCUT2D eigenvalue weighted by Gasteiger charge is 2.24. The summed E-state index contributed by atoms with van der Waals surface area (Å²) in [5, 5.41) is 12.4. The molecule has 0 aliphatic rings. The van der Waals surface area contributed by atoms with E-state index in [1.165, 1.54) is 0 Å². The van der Waals surface area contributed by atoms with Crippen LogP contribution in [0.1, 0.15) is 22.0 Å². The molecule has 0 bridgehead atoms. The number of aryl methyl sites for hydroxylation is 1. The first-order valence-corrected chi connectivity index (χ1v) is 7.51. The molecule has 0 radical (unpaired) electrons. The summed E-state index contributed by atoms with van der Waals surface area (Å²) in [7, 11) is -3.93. The summed E-state index contributed by atoms with van der Waals surface area (Å²) in [6, 6.07) is 2.50. The molecule has 8 nitrogen and oxygen atoms in total. The number of hydrogen-bond donors (Lipinski definition) is 2. The minimum absolute atomic E-state index is 0.0836. The van der Waals surface area contributed by atoms with Crippen molar-refractivity contribution in [3.05, 3.63) is 34.0 Å². The molecule has 2 aromatic heterocycles. The highest BCUT2D eigenvalue weighted by Crippen LogP contribution is 2.26. The van der Waals surface area contributed by atoms with Gasteiger partial charge in [0.1, 0.15) is 10.7 Å². The fourth-order valence-corrected chi connectivity index (χ4v) is 3.33. The second kappa shape index (κ2) is 5.38. The number of hydrogen-bond acceptors (Lipinski definition) is 6. The van der Waals surface area contributed by atoms with Crippen molar-refractivity contribution in [1.29, 1.82) is 0 Å². The van der Waals surface area contributed by atoms with Gasteiger partial charge < -0.3 is 14.0 Å². The molecule has 20 heavy (non-hydrogen) atoms. The normalized spacial score (nSPS) is 11.7. The zero-order valence-corrected chi connectivity index (χ0v) is 12.5. The fourth-order valence-electron chi connectivity index (χ4n) is 1.39. The number of sulfonamides is 1. The lowest BCUT2D eigenvalue weighted by molar-refractivity contribution is 0.0661. The Bertz CT molecular complexity index is 748. The lowest BCUT2D eigenvalue weighted by Gasteiger charge is -2.02. The number of aromatic nitrogens is 1. The summed E-state index contributed by atoms with van der Waals surface area (Å²) >= 11 is 2.87. The number of aromatic carboxylic acids is 1. The first-order valence-electron chi connectivity index (χ1n) is 5.24. The van der Waals surface area contributed by atoms with Crippen LogP contribution in [0.2, 0.25) is 0 Å². The smallest absolute Gasteiger partial charge is 0.371 e. The second-order valence-electron chi connectivity index (χ2n) is 3.81. The molecule has 108 valence electrons. The molecule has 0 aromatic carbocycles. The van der Waals surface area contributed by atoms with Crippen molar-refractivity contribution >= 4 is 31.9 Å². The lowest BCUT2D eigenvalue weighted by Crippen LogP contribution is -2.23. The SMILES string of the molecule is Cc1cc(CNS(=O)(=O)c2cc(C(=O)O)oc2Br)no1. The van der Waals surface area contributed by atoms with Crippen molar-refractivity contribution < 1.29 is 27.3 Å². The highest BCUT2D eigenvalue weighted by molar-refractivity contribution is 9.10. The summed E-state index contributed by atoms with van der Waals surface area (Å²) in [6.07, 6.45) is 0. The molecule has 0 spiro atoms. The van der Waals surface area contributed by atoms with Gasteiger partial charge in [-0.2, -0.15) is 0 Å². The van der Waals surface area contributed by atoms with Crippen LogP contribution in [0.4, 0.5) is 0 Å². The molecular weight excluding hydrogens is 356 g/mol. The average Bonchev–Trinajstić information content (AvgIpc) is 2.93. The molecule has 0 aliphatic heterocycles. The Labute approximate surface area is 121 Å². The molecule has 0 aliphatic carbocycles. The fraction of sp³-hybridized carbons (Fsp3) is 0.200. The van der Waals surface area contributed by atoms with E-state index in [9.17, 15) is 13.2 Å². The van der Waals surface area contributed by atoms with Crippen LogP contribution in [-0.4, -0.2) is 24.7 Å². The standard InChI is InChI=1S/C10H9BrN2O6S/c1-5-2-6(13-19-5)4-12-20(16,17)8-3-7(10(14)15)18-9(8)11/h2-3,12H,4H2,1H3,(H,14,15). The van der Waals surface area contributed by atoms with Gasteiger partial charge in [-0.15, -0.1) is 0 Å². The number of rotatable bonds is 5. The molecule has 0 unspecified atom stereocenters. The maximum atomic E-state index is 12.0. The number of furan rings is 1. The van der Waals surface area contributed by atoms with E-state index in [1.807, 2.05) is 0 Å². The number of nitrogens with one attached hydrogen (secondary N) is 1. The Morgan fingerprint density at radius 1 is 1.50 bits per heavy atom. The van der Waals surface area contributed by atoms with Crippen LogP contribution in [0.15, 0.2) is 30.6 Å². The lowest BCUT2D eigenvalue weighted by atomic mass is 10.4.